The van der Waals surface area contributed by atoms with Crippen LogP contribution in [0.25, 0.3) is 11.1 Å². The number of piperazine rings is 1. The van der Waals surface area contributed by atoms with Crippen LogP contribution in [-0.4, -0.2) is 74.2 Å². The van der Waals surface area contributed by atoms with E-state index in [2.05, 4.69) is 15.6 Å². The summed E-state index contributed by atoms with van der Waals surface area (Å²) in [5.74, 6) is 0.447. The highest BCUT2D eigenvalue weighted by molar-refractivity contribution is 7.89. The van der Waals surface area contributed by atoms with E-state index in [1.54, 1.807) is 13.3 Å². The Morgan fingerprint density at radius 2 is 1.69 bits per heavy atom. The van der Waals surface area contributed by atoms with Gasteiger partial charge in [0.2, 0.25) is 10.0 Å². The summed E-state index contributed by atoms with van der Waals surface area (Å²) in [4.78, 5) is 29.9. The SMILES string of the molecule is COc1ccc(-c2ccc(N3CCN(S(=O)(=O)C[C@@]4(C)NC(=O)NC4=O)CC3)nc2)cc1. The molecule has 3 amide bonds. The number of benzene rings is 1. The summed E-state index contributed by atoms with van der Waals surface area (Å²) < 4.78 is 32.2. The van der Waals surface area contributed by atoms with Gasteiger partial charge in [-0.2, -0.15) is 4.31 Å². The Morgan fingerprint density at radius 3 is 2.22 bits per heavy atom. The second-order valence-corrected chi connectivity index (χ2v) is 9.99. The van der Waals surface area contributed by atoms with E-state index in [4.69, 9.17) is 4.74 Å². The van der Waals surface area contributed by atoms with Gasteiger partial charge in [-0.3, -0.25) is 10.1 Å². The summed E-state index contributed by atoms with van der Waals surface area (Å²) in [6.45, 7) is 2.91. The molecule has 0 saturated carbocycles. The lowest BCUT2D eigenvalue weighted by Gasteiger charge is -2.35. The third-order valence-electron chi connectivity index (χ3n) is 5.72. The van der Waals surface area contributed by atoms with Gasteiger partial charge in [-0.15, -0.1) is 0 Å². The summed E-state index contributed by atoms with van der Waals surface area (Å²) in [5, 5.41) is 4.49. The number of pyridine rings is 1. The normalized spacial score (nSPS) is 21.9. The van der Waals surface area contributed by atoms with E-state index in [1.807, 2.05) is 41.3 Å². The van der Waals surface area contributed by atoms with Crippen molar-refractivity contribution in [3.8, 4) is 16.9 Å². The van der Waals surface area contributed by atoms with Crippen LogP contribution in [-0.2, 0) is 14.8 Å². The Balaban J connectivity index is 1.38. The van der Waals surface area contributed by atoms with Crippen molar-refractivity contribution in [1.29, 1.82) is 0 Å². The molecule has 2 saturated heterocycles. The zero-order chi connectivity index (χ0) is 22.9. The van der Waals surface area contributed by atoms with Crippen LogP contribution in [0.3, 0.4) is 0 Å². The number of rotatable bonds is 6. The summed E-state index contributed by atoms with van der Waals surface area (Å²) in [6.07, 6.45) is 1.79. The molecule has 1 aromatic heterocycles. The summed E-state index contributed by atoms with van der Waals surface area (Å²) in [7, 11) is -2.11. The van der Waals surface area contributed by atoms with Crippen LogP contribution in [0.5, 0.6) is 5.75 Å². The highest BCUT2D eigenvalue weighted by Gasteiger charge is 2.46. The van der Waals surface area contributed by atoms with E-state index in [0.717, 1.165) is 22.7 Å². The topological polar surface area (TPSA) is 121 Å². The van der Waals surface area contributed by atoms with Crippen LogP contribution in [0.4, 0.5) is 10.6 Å². The molecular weight excluding hydrogens is 434 g/mol. The standard InChI is InChI=1S/C21H25N5O5S/c1-21(19(27)23-20(28)24-21)14-32(29,30)26-11-9-25(10-12-26)18-8-5-16(13-22-18)15-3-6-17(31-2)7-4-15/h3-8,13H,9-12,14H2,1-2H3,(H2,23,24,27,28)/t21-/m1/s1. The molecule has 0 radical (unpaired) electrons. The number of sulfonamides is 1. The predicted molar refractivity (Wildman–Crippen MR) is 119 cm³/mol. The Labute approximate surface area is 186 Å². The fourth-order valence-electron chi connectivity index (χ4n) is 3.86. The van der Waals surface area contributed by atoms with Crippen molar-refractivity contribution in [3.05, 3.63) is 42.6 Å². The van der Waals surface area contributed by atoms with Crippen LogP contribution in [0.1, 0.15) is 6.92 Å². The van der Waals surface area contributed by atoms with Crippen molar-refractivity contribution < 1.29 is 22.7 Å². The van der Waals surface area contributed by atoms with Crippen molar-refractivity contribution in [3.63, 3.8) is 0 Å². The fraction of sp³-hybridized carbons (Fsp3) is 0.381. The van der Waals surface area contributed by atoms with Crippen molar-refractivity contribution in [2.24, 2.45) is 0 Å². The number of anilines is 1. The molecule has 1 aromatic carbocycles. The van der Waals surface area contributed by atoms with Gasteiger partial charge in [0, 0.05) is 37.9 Å². The van der Waals surface area contributed by atoms with Crippen molar-refractivity contribution >= 4 is 27.8 Å². The monoisotopic (exact) mass is 459 g/mol. The van der Waals surface area contributed by atoms with Gasteiger partial charge in [-0.1, -0.05) is 12.1 Å². The van der Waals surface area contributed by atoms with Gasteiger partial charge in [0.1, 0.15) is 17.1 Å². The van der Waals surface area contributed by atoms with Crippen LogP contribution in [0.2, 0.25) is 0 Å². The highest BCUT2D eigenvalue weighted by atomic mass is 32.2. The van der Waals surface area contributed by atoms with Gasteiger partial charge < -0.3 is 15.0 Å². The first-order valence-corrected chi connectivity index (χ1v) is 11.8. The number of nitrogens with zero attached hydrogens (tertiary/aromatic N) is 3. The number of aromatic nitrogens is 1. The maximum Gasteiger partial charge on any atom is 0.322 e. The van der Waals surface area contributed by atoms with Crippen LogP contribution < -0.4 is 20.3 Å². The van der Waals surface area contributed by atoms with Gasteiger partial charge in [-0.25, -0.2) is 18.2 Å². The molecule has 2 aliphatic rings. The zero-order valence-electron chi connectivity index (χ0n) is 17.9. The molecule has 11 heteroatoms. The smallest absolute Gasteiger partial charge is 0.322 e. The van der Waals surface area contributed by atoms with Crippen molar-refractivity contribution in [2.75, 3.05) is 43.9 Å². The fourth-order valence-corrected chi connectivity index (χ4v) is 5.70. The molecule has 10 nitrogen and oxygen atoms in total. The van der Waals surface area contributed by atoms with Gasteiger partial charge in [0.05, 0.1) is 12.9 Å². The molecule has 2 N–H and O–H groups in total. The Kier molecular flexibility index (Phi) is 5.78. The molecule has 2 aromatic rings. The lowest BCUT2D eigenvalue weighted by atomic mass is 10.1. The van der Waals surface area contributed by atoms with E-state index in [9.17, 15) is 18.0 Å². The Morgan fingerprint density at radius 1 is 1.03 bits per heavy atom. The molecule has 0 aliphatic carbocycles. The minimum absolute atomic E-state index is 0.274. The molecule has 1 atom stereocenters. The number of hydrogen-bond donors (Lipinski definition) is 2. The van der Waals surface area contributed by atoms with Crippen LogP contribution in [0, 0.1) is 0 Å². The second-order valence-electron chi connectivity index (χ2n) is 8.02. The third-order valence-corrected chi connectivity index (χ3v) is 7.81. The van der Waals surface area contributed by atoms with E-state index in [1.165, 1.54) is 11.2 Å². The molecule has 2 aliphatic heterocycles. The lowest BCUT2D eigenvalue weighted by molar-refractivity contribution is -0.122. The number of carbonyl (C=O) groups is 2. The van der Waals surface area contributed by atoms with Gasteiger partial charge >= 0.3 is 6.03 Å². The van der Waals surface area contributed by atoms with Gasteiger partial charge in [0.15, 0.2) is 0 Å². The summed E-state index contributed by atoms with van der Waals surface area (Å²) >= 11 is 0. The number of urea groups is 1. The third kappa shape index (κ3) is 4.39. The largest absolute Gasteiger partial charge is 0.497 e. The number of nitrogens with one attached hydrogen (secondary N) is 2. The number of methoxy groups -OCH3 is 1. The predicted octanol–water partition coefficient (Wildman–Crippen LogP) is 0.807. The van der Waals surface area contributed by atoms with Gasteiger partial charge in [-0.05, 0) is 36.8 Å². The molecule has 3 heterocycles. The first-order chi connectivity index (χ1) is 15.2. The molecule has 170 valence electrons. The number of hydrogen-bond acceptors (Lipinski definition) is 7. The molecule has 0 bridgehead atoms. The van der Waals surface area contributed by atoms with E-state index in [-0.39, 0.29) is 13.1 Å². The number of ether oxygens (including phenoxy) is 1. The molecule has 4 rings (SSSR count). The molecule has 2 fully saturated rings. The van der Waals surface area contributed by atoms with Crippen molar-refractivity contribution in [2.45, 2.75) is 12.5 Å². The second kappa shape index (κ2) is 8.40. The van der Waals surface area contributed by atoms with Crippen LogP contribution in [0.15, 0.2) is 42.6 Å². The zero-order valence-corrected chi connectivity index (χ0v) is 18.7. The minimum atomic E-state index is -3.74. The Bertz CT molecular complexity index is 1110. The van der Waals surface area contributed by atoms with E-state index >= 15 is 0 Å². The lowest BCUT2D eigenvalue weighted by Crippen LogP contribution is -2.55. The molecule has 32 heavy (non-hydrogen) atoms. The maximum absolute atomic E-state index is 12.8. The highest BCUT2D eigenvalue weighted by Crippen LogP contribution is 2.24. The molecule has 0 unspecified atom stereocenters. The van der Waals surface area contributed by atoms with Crippen LogP contribution >= 0.6 is 0 Å². The average Bonchev–Trinajstić information content (AvgIpc) is 3.04. The number of amides is 3. The first-order valence-electron chi connectivity index (χ1n) is 10.2. The average molecular weight is 460 g/mol. The Hall–Kier alpha value is -3.18. The number of carbonyl (C=O) groups excluding carboxylic acids is 2. The summed E-state index contributed by atoms with van der Waals surface area (Å²) in [5.41, 5.74) is 0.534. The number of imide groups is 1. The van der Waals surface area contributed by atoms with Crippen molar-refractivity contribution in [1.82, 2.24) is 19.9 Å². The summed E-state index contributed by atoms with van der Waals surface area (Å²) in [6, 6.07) is 10.9. The maximum atomic E-state index is 12.8. The molecular formula is C21H25N5O5S. The van der Waals surface area contributed by atoms with E-state index in [0.29, 0.717) is 13.1 Å². The van der Waals surface area contributed by atoms with E-state index < -0.39 is 33.3 Å². The minimum Gasteiger partial charge on any atom is -0.497 e. The quantitative estimate of drug-likeness (QED) is 0.613. The van der Waals surface area contributed by atoms with Gasteiger partial charge in [0.25, 0.3) is 5.91 Å². The molecule has 0 spiro atoms. The first kappa shape index (κ1) is 22.0.